The van der Waals surface area contributed by atoms with E-state index >= 15 is 0 Å². The molecule has 0 N–H and O–H groups in total. The number of hydrogen-bond acceptors (Lipinski definition) is 3. The van der Waals surface area contributed by atoms with E-state index in [4.69, 9.17) is 16.3 Å². The van der Waals surface area contributed by atoms with Crippen LogP contribution in [0.2, 0.25) is 5.02 Å². The zero-order chi connectivity index (χ0) is 15.7. The van der Waals surface area contributed by atoms with E-state index in [9.17, 15) is 4.79 Å². The van der Waals surface area contributed by atoms with E-state index in [1.165, 1.54) is 11.3 Å². The Balaban J connectivity index is 1.82. The van der Waals surface area contributed by atoms with Gasteiger partial charge < -0.3 is 4.74 Å². The van der Waals surface area contributed by atoms with Crippen molar-refractivity contribution in [2.75, 3.05) is 0 Å². The Morgan fingerprint density at radius 1 is 1.18 bits per heavy atom. The normalized spacial score (nSPS) is 10.9. The minimum Gasteiger partial charge on any atom is -0.457 e. The maximum Gasteiger partial charge on any atom is 0.350 e. The SMILES string of the molecule is Cc1ccc(C)c(COC(=O)c2sc3ccccc3c2Cl)c1. The highest BCUT2D eigenvalue weighted by atomic mass is 35.5. The summed E-state index contributed by atoms with van der Waals surface area (Å²) in [6.07, 6.45) is 0. The number of thiophene rings is 1. The Labute approximate surface area is 138 Å². The highest BCUT2D eigenvalue weighted by molar-refractivity contribution is 7.21. The Morgan fingerprint density at radius 2 is 1.95 bits per heavy atom. The third-order valence-electron chi connectivity index (χ3n) is 3.58. The molecule has 22 heavy (non-hydrogen) atoms. The van der Waals surface area contributed by atoms with Crippen molar-refractivity contribution in [3.05, 3.63) is 69.1 Å². The quantitative estimate of drug-likeness (QED) is 0.590. The summed E-state index contributed by atoms with van der Waals surface area (Å²) in [5, 5.41) is 1.37. The fraction of sp³-hybridized carbons (Fsp3) is 0.167. The Morgan fingerprint density at radius 3 is 2.73 bits per heavy atom. The van der Waals surface area contributed by atoms with Gasteiger partial charge in [0.15, 0.2) is 0 Å². The van der Waals surface area contributed by atoms with Crippen LogP contribution in [0.1, 0.15) is 26.4 Å². The summed E-state index contributed by atoms with van der Waals surface area (Å²) in [7, 11) is 0. The zero-order valence-electron chi connectivity index (χ0n) is 12.4. The van der Waals surface area contributed by atoms with Crippen LogP contribution in [0.4, 0.5) is 0 Å². The van der Waals surface area contributed by atoms with Crippen LogP contribution in [0.25, 0.3) is 10.1 Å². The number of benzene rings is 2. The summed E-state index contributed by atoms with van der Waals surface area (Å²) < 4.78 is 6.44. The molecule has 2 nitrogen and oxygen atoms in total. The lowest BCUT2D eigenvalue weighted by atomic mass is 10.1. The molecule has 0 amide bonds. The number of ether oxygens (including phenoxy) is 1. The minimum absolute atomic E-state index is 0.261. The summed E-state index contributed by atoms with van der Waals surface area (Å²) in [5.74, 6) is -0.368. The lowest BCUT2D eigenvalue weighted by Gasteiger charge is -2.08. The van der Waals surface area contributed by atoms with Crippen molar-refractivity contribution in [2.24, 2.45) is 0 Å². The summed E-state index contributed by atoms with van der Waals surface area (Å²) in [6.45, 7) is 4.29. The number of carbonyl (C=O) groups is 1. The summed E-state index contributed by atoms with van der Waals surface area (Å²) >= 11 is 7.67. The maximum absolute atomic E-state index is 12.3. The number of carbonyl (C=O) groups excluding carboxylic acids is 1. The van der Waals surface area contributed by atoms with Gasteiger partial charge in [0, 0.05) is 10.1 Å². The minimum atomic E-state index is -0.368. The number of fused-ring (bicyclic) bond motifs is 1. The smallest absolute Gasteiger partial charge is 0.350 e. The highest BCUT2D eigenvalue weighted by Gasteiger charge is 2.18. The topological polar surface area (TPSA) is 26.3 Å². The lowest BCUT2D eigenvalue weighted by molar-refractivity contribution is 0.0478. The van der Waals surface area contributed by atoms with Crippen LogP contribution in [0.3, 0.4) is 0 Å². The van der Waals surface area contributed by atoms with Crippen molar-refractivity contribution >= 4 is 39.0 Å². The van der Waals surface area contributed by atoms with Crippen molar-refractivity contribution in [1.29, 1.82) is 0 Å². The first-order valence-corrected chi connectivity index (χ1v) is 8.16. The van der Waals surface area contributed by atoms with Crippen LogP contribution in [0, 0.1) is 13.8 Å². The fourth-order valence-electron chi connectivity index (χ4n) is 2.31. The van der Waals surface area contributed by atoms with E-state index in [0.717, 1.165) is 26.8 Å². The van der Waals surface area contributed by atoms with E-state index in [-0.39, 0.29) is 12.6 Å². The monoisotopic (exact) mass is 330 g/mol. The first-order valence-electron chi connectivity index (χ1n) is 6.96. The van der Waals surface area contributed by atoms with Gasteiger partial charge in [-0.1, -0.05) is 53.6 Å². The van der Waals surface area contributed by atoms with Crippen LogP contribution in [0.5, 0.6) is 0 Å². The van der Waals surface area contributed by atoms with Crippen molar-refractivity contribution in [3.63, 3.8) is 0 Å². The molecule has 0 atom stereocenters. The summed E-state index contributed by atoms with van der Waals surface area (Å²) in [4.78, 5) is 12.8. The van der Waals surface area contributed by atoms with E-state index in [2.05, 4.69) is 0 Å². The highest BCUT2D eigenvalue weighted by Crippen LogP contribution is 2.35. The molecule has 0 aliphatic heterocycles. The van der Waals surface area contributed by atoms with Crippen LogP contribution in [-0.4, -0.2) is 5.97 Å². The van der Waals surface area contributed by atoms with Gasteiger partial charge in [0.25, 0.3) is 0 Å². The van der Waals surface area contributed by atoms with E-state index in [1.807, 2.05) is 56.3 Å². The molecule has 0 aliphatic rings. The summed E-state index contributed by atoms with van der Waals surface area (Å²) in [5.41, 5.74) is 3.28. The predicted octanol–water partition coefficient (Wildman–Crippen LogP) is 5.53. The predicted molar refractivity (Wildman–Crippen MR) is 91.9 cm³/mol. The van der Waals surface area contributed by atoms with Crippen LogP contribution in [0.15, 0.2) is 42.5 Å². The molecule has 3 aromatic rings. The molecule has 0 spiro atoms. The van der Waals surface area contributed by atoms with Gasteiger partial charge in [-0.15, -0.1) is 11.3 Å². The number of aryl methyl sites for hydroxylation is 2. The van der Waals surface area contributed by atoms with Gasteiger partial charge in [-0.3, -0.25) is 0 Å². The van der Waals surface area contributed by atoms with Gasteiger partial charge in [-0.2, -0.15) is 0 Å². The van der Waals surface area contributed by atoms with Gasteiger partial charge in [0.05, 0.1) is 5.02 Å². The molecule has 1 aromatic heterocycles. The molecule has 0 saturated heterocycles. The lowest BCUT2D eigenvalue weighted by Crippen LogP contribution is -2.05. The molecular weight excluding hydrogens is 316 g/mol. The van der Waals surface area contributed by atoms with Crippen molar-refractivity contribution in [3.8, 4) is 0 Å². The zero-order valence-corrected chi connectivity index (χ0v) is 13.9. The van der Waals surface area contributed by atoms with Crippen molar-refractivity contribution < 1.29 is 9.53 Å². The first-order chi connectivity index (χ1) is 10.6. The molecule has 1 heterocycles. The van der Waals surface area contributed by atoms with Gasteiger partial charge in [-0.05, 0) is 31.0 Å². The number of rotatable bonds is 3. The molecule has 0 aliphatic carbocycles. The average molecular weight is 331 g/mol. The standard InChI is InChI=1S/C18H15ClO2S/c1-11-7-8-12(2)13(9-11)10-21-18(20)17-16(19)14-5-3-4-6-15(14)22-17/h3-9H,10H2,1-2H3. The van der Waals surface area contributed by atoms with Crippen molar-refractivity contribution in [2.45, 2.75) is 20.5 Å². The Hall–Kier alpha value is -1.84. The summed E-state index contributed by atoms with van der Waals surface area (Å²) in [6, 6.07) is 13.8. The molecule has 112 valence electrons. The molecule has 4 heteroatoms. The molecule has 0 radical (unpaired) electrons. The third kappa shape index (κ3) is 2.87. The van der Waals surface area contributed by atoms with E-state index in [0.29, 0.717) is 9.90 Å². The molecule has 0 saturated carbocycles. The number of halogens is 1. The molecular formula is C18H15ClO2S. The van der Waals surface area contributed by atoms with Crippen LogP contribution in [-0.2, 0) is 11.3 Å². The largest absolute Gasteiger partial charge is 0.457 e. The fourth-order valence-corrected chi connectivity index (χ4v) is 3.71. The Kier molecular flexibility index (Phi) is 4.19. The Bertz CT molecular complexity index is 851. The second kappa shape index (κ2) is 6.11. The number of hydrogen-bond donors (Lipinski definition) is 0. The average Bonchev–Trinajstić information content (AvgIpc) is 2.85. The second-order valence-electron chi connectivity index (χ2n) is 5.25. The van der Waals surface area contributed by atoms with E-state index < -0.39 is 0 Å². The first kappa shape index (κ1) is 15.1. The molecule has 0 fully saturated rings. The van der Waals surface area contributed by atoms with Gasteiger partial charge in [-0.25, -0.2) is 4.79 Å². The molecule has 3 rings (SSSR count). The second-order valence-corrected chi connectivity index (χ2v) is 6.68. The van der Waals surface area contributed by atoms with Gasteiger partial charge in [0.2, 0.25) is 0 Å². The van der Waals surface area contributed by atoms with Gasteiger partial charge >= 0.3 is 5.97 Å². The van der Waals surface area contributed by atoms with Crippen LogP contribution >= 0.6 is 22.9 Å². The maximum atomic E-state index is 12.3. The van der Waals surface area contributed by atoms with Gasteiger partial charge in [0.1, 0.15) is 11.5 Å². The number of esters is 1. The van der Waals surface area contributed by atoms with Crippen LogP contribution < -0.4 is 0 Å². The molecule has 2 aromatic carbocycles. The molecule has 0 unspecified atom stereocenters. The molecule has 0 bridgehead atoms. The van der Waals surface area contributed by atoms with E-state index in [1.54, 1.807) is 0 Å². The third-order valence-corrected chi connectivity index (χ3v) is 5.24. The van der Waals surface area contributed by atoms with Crippen molar-refractivity contribution in [1.82, 2.24) is 0 Å².